The molecule has 1 atom stereocenters. The number of carbonyl (C=O) groups is 2. The van der Waals surface area contributed by atoms with Crippen molar-refractivity contribution in [2.75, 3.05) is 20.1 Å². The van der Waals surface area contributed by atoms with E-state index in [2.05, 4.69) is 11.9 Å². The third-order valence-corrected chi connectivity index (χ3v) is 4.73. The number of nitrogens with zero attached hydrogens (tertiary/aromatic N) is 2. The molecule has 2 rings (SSSR count). The van der Waals surface area contributed by atoms with Gasteiger partial charge in [-0.25, -0.2) is 0 Å². The SMILES string of the molecule is C=CN(/C=C\C)CCCN(C)C(C(=O)NC=O)c1ccc(-c2ccccc2)cc1. The Labute approximate surface area is 173 Å². The maximum absolute atomic E-state index is 12.6. The molecule has 0 aromatic heterocycles. The molecular formula is C24H29N3O2. The van der Waals surface area contributed by atoms with Crippen LogP contribution in [0.1, 0.15) is 24.9 Å². The third-order valence-electron chi connectivity index (χ3n) is 4.73. The Balaban J connectivity index is 2.13. The molecule has 0 fully saturated rings. The van der Waals surface area contributed by atoms with Crippen molar-refractivity contribution in [3.8, 4) is 11.1 Å². The van der Waals surface area contributed by atoms with E-state index in [4.69, 9.17) is 0 Å². The van der Waals surface area contributed by atoms with Crippen LogP contribution >= 0.6 is 0 Å². The summed E-state index contributed by atoms with van der Waals surface area (Å²) >= 11 is 0. The van der Waals surface area contributed by atoms with E-state index in [0.29, 0.717) is 13.0 Å². The highest BCUT2D eigenvalue weighted by molar-refractivity contribution is 5.90. The lowest BCUT2D eigenvalue weighted by molar-refractivity contribution is -0.129. The first kappa shape index (κ1) is 22.1. The highest BCUT2D eigenvalue weighted by atomic mass is 16.2. The van der Waals surface area contributed by atoms with Crippen molar-refractivity contribution in [3.05, 3.63) is 85.2 Å². The van der Waals surface area contributed by atoms with E-state index in [-0.39, 0.29) is 5.91 Å². The first-order chi connectivity index (χ1) is 14.1. The smallest absolute Gasteiger partial charge is 0.248 e. The molecule has 0 radical (unpaired) electrons. The molecule has 1 unspecified atom stereocenters. The minimum atomic E-state index is -0.538. The standard InChI is InChI=1S/C24H29N3O2/c1-4-16-27(5-2)18-9-17-26(3)23(24(29)25-19-28)22-14-12-21(13-15-22)20-10-7-6-8-11-20/h4-8,10-16,19,23H,2,9,17-18H2,1,3H3,(H,25,28,29)/b16-4-. The average molecular weight is 392 g/mol. The summed E-state index contributed by atoms with van der Waals surface area (Å²) in [5.74, 6) is -0.330. The lowest BCUT2D eigenvalue weighted by atomic mass is 9.99. The molecule has 0 aliphatic rings. The Morgan fingerprint density at radius 2 is 1.72 bits per heavy atom. The summed E-state index contributed by atoms with van der Waals surface area (Å²) in [5, 5.41) is 2.30. The number of likely N-dealkylation sites (N-methyl/N-ethyl adjacent to an activating group) is 1. The third kappa shape index (κ3) is 6.43. The van der Waals surface area contributed by atoms with E-state index in [9.17, 15) is 9.59 Å². The van der Waals surface area contributed by atoms with Crippen LogP contribution in [0.25, 0.3) is 11.1 Å². The van der Waals surface area contributed by atoms with Crippen LogP contribution < -0.4 is 5.32 Å². The fraction of sp³-hybridized carbons (Fsp3) is 0.250. The van der Waals surface area contributed by atoms with Crippen molar-refractivity contribution in [1.82, 2.24) is 15.1 Å². The molecule has 152 valence electrons. The molecule has 0 aliphatic carbocycles. The van der Waals surface area contributed by atoms with Gasteiger partial charge in [0, 0.05) is 13.1 Å². The number of hydrogen-bond acceptors (Lipinski definition) is 4. The second kappa shape index (κ2) is 11.6. The van der Waals surface area contributed by atoms with Gasteiger partial charge < -0.3 is 4.90 Å². The van der Waals surface area contributed by atoms with Gasteiger partial charge in [-0.1, -0.05) is 67.3 Å². The van der Waals surface area contributed by atoms with E-state index in [1.807, 2.05) is 90.6 Å². The second-order valence-corrected chi connectivity index (χ2v) is 6.75. The number of rotatable bonds is 11. The number of allylic oxidation sites excluding steroid dienone is 1. The zero-order chi connectivity index (χ0) is 21.1. The van der Waals surface area contributed by atoms with Gasteiger partial charge in [0.2, 0.25) is 12.3 Å². The van der Waals surface area contributed by atoms with Crippen molar-refractivity contribution in [2.45, 2.75) is 19.4 Å². The predicted molar refractivity (Wildman–Crippen MR) is 118 cm³/mol. The number of hydrogen-bond donors (Lipinski definition) is 1. The molecule has 0 heterocycles. The quantitative estimate of drug-likeness (QED) is 0.589. The minimum absolute atomic E-state index is 0.330. The first-order valence-electron chi connectivity index (χ1n) is 9.71. The van der Waals surface area contributed by atoms with E-state index in [0.717, 1.165) is 29.7 Å². The van der Waals surface area contributed by atoms with Gasteiger partial charge in [-0.2, -0.15) is 0 Å². The van der Waals surface area contributed by atoms with Crippen molar-refractivity contribution < 1.29 is 9.59 Å². The summed E-state index contributed by atoms with van der Waals surface area (Å²) < 4.78 is 0. The Morgan fingerprint density at radius 1 is 1.07 bits per heavy atom. The van der Waals surface area contributed by atoms with Gasteiger partial charge in [-0.15, -0.1) is 0 Å². The van der Waals surface area contributed by atoms with Gasteiger partial charge in [-0.3, -0.25) is 19.8 Å². The molecule has 0 aliphatic heterocycles. The van der Waals surface area contributed by atoms with Crippen LogP contribution in [0.2, 0.25) is 0 Å². The van der Waals surface area contributed by atoms with Crippen molar-refractivity contribution >= 4 is 12.3 Å². The van der Waals surface area contributed by atoms with Gasteiger partial charge in [0.05, 0.1) is 0 Å². The molecule has 1 N–H and O–H groups in total. The normalized spacial score (nSPS) is 12.0. The zero-order valence-corrected chi connectivity index (χ0v) is 17.1. The van der Waals surface area contributed by atoms with Crippen LogP contribution in [0.15, 0.2) is 79.7 Å². The summed E-state index contributed by atoms with van der Waals surface area (Å²) in [6.45, 7) is 7.26. The molecule has 29 heavy (non-hydrogen) atoms. The fourth-order valence-electron chi connectivity index (χ4n) is 3.28. The predicted octanol–water partition coefficient (Wildman–Crippen LogP) is 3.97. The molecule has 2 aromatic rings. The fourth-order valence-corrected chi connectivity index (χ4v) is 3.28. The molecule has 2 amide bonds. The number of amides is 2. The molecule has 0 bridgehead atoms. The number of imide groups is 1. The molecule has 2 aromatic carbocycles. The van der Waals surface area contributed by atoms with Crippen LogP contribution in [0.3, 0.4) is 0 Å². The maximum Gasteiger partial charge on any atom is 0.248 e. The second-order valence-electron chi connectivity index (χ2n) is 6.75. The molecule has 5 heteroatoms. The van der Waals surface area contributed by atoms with Gasteiger partial charge in [-0.05, 0) is 49.5 Å². The van der Waals surface area contributed by atoms with Gasteiger partial charge in [0.1, 0.15) is 6.04 Å². The van der Waals surface area contributed by atoms with Crippen molar-refractivity contribution in [3.63, 3.8) is 0 Å². The van der Waals surface area contributed by atoms with Crippen LogP contribution in [-0.2, 0) is 9.59 Å². The molecule has 0 saturated carbocycles. The van der Waals surface area contributed by atoms with Crippen LogP contribution in [0.4, 0.5) is 0 Å². The van der Waals surface area contributed by atoms with E-state index in [1.54, 1.807) is 6.20 Å². The van der Waals surface area contributed by atoms with Gasteiger partial charge in [0.25, 0.3) is 0 Å². The molecule has 5 nitrogen and oxygen atoms in total. The summed E-state index contributed by atoms with van der Waals surface area (Å²) in [6, 6.07) is 17.4. The number of benzene rings is 2. The summed E-state index contributed by atoms with van der Waals surface area (Å²) in [5.41, 5.74) is 3.05. The minimum Gasteiger partial charge on any atom is -0.355 e. The summed E-state index contributed by atoms with van der Waals surface area (Å²) in [7, 11) is 1.90. The van der Waals surface area contributed by atoms with Crippen molar-refractivity contribution in [2.24, 2.45) is 0 Å². The van der Waals surface area contributed by atoms with Crippen LogP contribution in [0.5, 0.6) is 0 Å². The number of carbonyl (C=O) groups excluding carboxylic acids is 2. The van der Waals surface area contributed by atoms with E-state index >= 15 is 0 Å². The highest BCUT2D eigenvalue weighted by Gasteiger charge is 2.24. The Morgan fingerprint density at radius 3 is 2.31 bits per heavy atom. The van der Waals surface area contributed by atoms with Crippen LogP contribution in [0, 0.1) is 0 Å². The Bertz CT molecular complexity index is 816. The maximum atomic E-state index is 12.6. The molecule has 0 saturated heterocycles. The van der Waals surface area contributed by atoms with Crippen LogP contribution in [-0.4, -0.2) is 42.3 Å². The van der Waals surface area contributed by atoms with Crippen molar-refractivity contribution in [1.29, 1.82) is 0 Å². The highest BCUT2D eigenvalue weighted by Crippen LogP contribution is 2.25. The van der Waals surface area contributed by atoms with E-state index < -0.39 is 6.04 Å². The summed E-state index contributed by atoms with van der Waals surface area (Å²) in [6.07, 6.45) is 6.98. The number of nitrogens with one attached hydrogen (secondary N) is 1. The monoisotopic (exact) mass is 391 g/mol. The zero-order valence-electron chi connectivity index (χ0n) is 17.1. The Hall–Kier alpha value is -3.18. The Kier molecular flexibility index (Phi) is 8.86. The lowest BCUT2D eigenvalue weighted by Crippen LogP contribution is -2.39. The van der Waals surface area contributed by atoms with Gasteiger partial charge >= 0.3 is 0 Å². The van der Waals surface area contributed by atoms with E-state index in [1.165, 1.54) is 0 Å². The largest absolute Gasteiger partial charge is 0.355 e. The molecule has 0 spiro atoms. The summed E-state index contributed by atoms with van der Waals surface area (Å²) in [4.78, 5) is 27.4. The molecular weight excluding hydrogens is 362 g/mol. The lowest BCUT2D eigenvalue weighted by Gasteiger charge is -2.27. The first-order valence-corrected chi connectivity index (χ1v) is 9.71. The average Bonchev–Trinajstić information content (AvgIpc) is 2.74. The van der Waals surface area contributed by atoms with Gasteiger partial charge in [0.15, 0.2) is 0 Å². The topological polar surface area (TPSA) is 52.6 Å².